The molecule has 17 heavy (non-hydrogen) atoms. The first kappa shape index (κ1) is 11.0. The van der Waals surface area contributed by atoms with Crippen molar-refractivity contribution < 1.29 is 4.74 Å². The fourth-order valence-electron chi connectivity index (χ4n) is 1.49. The summed E-state index contributed by atoms with van der Waals surface area (Å²) in [5, 5.41) is 11.4. The number of nitrogens with zero attached hydrogens (tertiary/aromatic N) is 2. The molecule has 0 fully saturated rings. The van der Waals surface area contributed by atoms with Gasteiger partial charge in [-0.25, -0.2) is 0 Å². The normalized spacial score (nSPS) is 10.2. The summed E-state index contributed by atoms with van der Waals surface area (Å²) in [6, 6.07) is 9.07. The first-order valence-corrected chi connectivity index (χ1v) is 4.96. The number of hydrogen-bond acceptors (Lipinski definition) is 4. The predicted molar refractivity (Wildman–Crippen MR) is 65.9 cm³/mol. The molecule has 0 aliphatic heterocycles. The number of nitrogen functional groups attached to an aromatic ring is 2. The summed E-state index contributed by atoms with van der Waals surface area (Å²) >= 11 is 0. The second-order valence-electron chi connectivity index (χ2n) is 3.48. The van der Waals surface area contributed by atoms with E-state index in [1.54, 1.807) is 13.2 Å². The lowest BCUT2D eigenvalue weighted by Gasteiger charge is -2.00. The van der Waals surface area contributed by atoms with Crippen LogP contribution >= 0.6 is 0 Å². The lowest BCUT2D eigenvalue weighted by atomic mass is 10.1. The van der Waals surface area contributed by atoms with Crippen LogP contribution < -0.4 is 16.2 Å². The Balaban J connectivity index is 2.39. The molecule has 1 aromatic heterocycles. The summed E-state index contributed by atoms with van der Waals surface area (Å²) in [5.41, 5.74) is 12.6. The van der Waals surface area contributed by atoms with Crippen molar-refractivity contribution >= 4 is 11.8 Å². The molecule has 6 nitrogen and oxygen atoms in total. The Kier molecular flexibility index (Phi) is 2.70. The smallest absolute Gasteiger partial charge is 0.215 e. The van der Waals surface area contributed by atoms with Gasteiger partial charge in [0.15, 0.2) is 0 Å². The van der Waals surface area contributed by atoms with Crippen molar-refractivity contribution in [3.63, 3.8) is 0 Å². The number of nitrogens with two attached hydrogens (primary N) is 2. The maximum absolute atomic E-state index is 7.29. The van der Waals surface area contributed by atoms with Crippen molar-refractivity contribution in [1.29, 1.82) is 5.41 Å². The van der Waals surface area contributed by atoms with E-state index in [-0.39, 0.29) is 5.96 Å². The van der Waals surface area contributed by atoms with Crippen LogP contribution in [0.25, 0.3) is 11.3 Å². The van der Waals surface area contributed by atoms with Crippen LogP contribution in [-0.2, 0) is 0 Å². The first-order valence-electron chi connectivity index (χ1n) is 4.96. The van der Waals surface area contributed by atoms with Crippen molar-refractivity contribution in [3.8, 4) is 17.0 Å². The molecule has 2 aromatic rings. The molecule has 1 heterocycles. The fourth-order valence-corrected chi connectivity index (χ4v) is 1.49. The largest absolute Gasteiger partial charge is 0.497 e. The van der Waals surface area contributed by atoms with Crippen molar-refractivity contribution in [2.75, 3.05) is 12.8 Å². The van der Waals surface area contributed by atoms with Gasteiger partial charge in [-0.2, -0.15) is 9.78 Å². The summed E-state index contributed by atoms with van der Waals surface area (Å²) in [7, 11) is 1.61. The number of rotatable bonds is 2. The van der Waals surface area contributed by atoms with Crippen molar-refractivity contribution in [2.45, 2.75) is 0 Å². The predicted octanol–water partition coefficient (Wildman–Crippen LogP) is 0.882. The second-order valence-corrected chi connectivity index (χ2v) is 3.48. The number of aromatic nitrogens is 2. The molecule has 0 amide bonds. The van der Waals surface area contributed by atoms with Gasteiger partial charge in [0.1, 0.15) is 11.6 Å². The van der Waals surface area contributed by atoms with Gasteiger partial charge in [-0.15, -0.1) is 0 Å². The zero-order chi connectivity index (χ0) is 12.4. The van der Waals surface area contributed by atoms with E-state index in [4.69, 9.17) is 21.6 Å². The van der Waals surface area contributed by atoms with Crippen LogP contribution in [0.1, 0.15) is 0 Å². The number of ether oxygens (including phenoxy) is 1. The Hall–Kier alpha value is -2.50. The monoisotopic (exact) mass is 231 g/mol. The van der Waals surface area contributed by atoms with Crippen LogP contribution in [0, 0.1) is 5.41 Å². The van der Waals surface area contributed by atoms with Gasteiger partial charge < -0.3 is 16.2 Å². The molecule has 0 spiro atoms. The van der Waals surface area contributed by atoms with Gasteiger partial charge in [-0.05, 0) is 24.3 Å². The maximum atomic E-state index is 7.29. The lowest BCUT2D eigenvalue weighted by Crippen LogP contribution is -2.23. The van der Waals surface area contributed by atoms with E-state index < -0.39 is 0 Å². The van der Waals surface area contributed by atoms with E-state index in [0.717, 1.165) is 11.3 Å². The quantitative estimate of drug-likeness (QED) is 0.527. The zero-order valence-corrected chi connectivity index (χ0v) is 9.34. The molecule has 0 saturated carbocycles. The van der Waals surface area contributed by atoms with Crippen molar-refractivity contribution in [3.05, 3.63) is 30.3 Å². The fraction of sp³-hybridized carbons (Fsp3) is 0.0909. The van der Waals surface area contributed by atoms with Crippen LogP contribution in [0.2, 0.25) is 0 Å². The van der Waals surface area contributed by atoms with E-state index in [1.807, 2.05) is 24.3 Å². The van der Waals surface area contributed by atoms with E-state index in [9.17, 15) is 0 Å². The topological polar surface area (TPSA) is 103 Å². The molecule has 2 rings (SSSR count). The van der Waals surface area contributed by atoms with E-state index in [2.05, 4.69) is 5.10 Å². The van der Waals surface area contributed by atoms with Gasteiger partial charge in [0, 0.05) is 11.6 Å². The molecule has 0 aliphatic rings. The average Bonchev–Trinajstić information content (AvgIpc) is 2.71. The minimum absolute atomic E-state index is 0.206. The van der Waals surface area contributed by atoms with Crippen LogP contribution in [0.15, 0.2) is 30.3 Å². The molecule has 0 unspecified atom stereocenters. The minimum Gasteiger partial charge on any atom is -0.497 e. The van der Waals surface area contributed by atoms with Gasteiger partial charge in [0.25, 0.3) is 0 Å². The average molecular weight is 231 g/mol. The van der Waals surface area contributed by atoms with Crippen molar-refractivity contribution in [2.24, 2.45) is 5.73 Å². The molecule has 5 N–H and O–H groups in total. The Bertz CT molecular complexity index is 543. The minimum atomic E-state index is -0.206. The number of methoxy groups -OCH3 is 1. The summed E-state index contributed by atoms with van der Waals surface area (Å²) in [6.45, 7) is 0. The Labute approximate surface area is 98.3 Å². The third kappa shape index (κ3) is 2.05. The number of benzene rings is 1. The van der Waals surface area contributed by atoms with E-state index >= 15 is 0 Å². The second kappa shape index (κ2) is 4.17. The molecular weight excluding hydrogens is 218 g/mol. The van der Waals surface area contributed by atoms with Crippen LogP contribution in [0.3, 0.4) is 0 Å². The highest BCUT2D eigenvalue weighted by atomic mass is 16.5. The summed E-state index contributed by atoms with van der Waals surface area (Å²) in [5.74, 6) is 0.901. The molecule has 0 bridgehead atoms. The summed E-state index contributed by atoms with van der Waals surface area (Å²) in [4.78, 5) is 0. The summed E-state index contributed by atoms with van der Waals surface area (Å²) in [6.07, 6.45) is 0. The van der Waals surface area contributed by atoms with Gasteiger partial charge in [-0.3, -0.25) is 5.41 Å². The van der Waals surface area contributed by atoms with Crippen molar-refractivity contribution in [1.82, 2.24) is 9.78 Å². The Morgan fingerprint density at radius 3 is 2.47 bits per heavy atom. The zero-order valence-electron chi connectivity index (χ0n) is 9.34. The number of nitrogens with one attached hydrogen (secondary N) is 1. The van der Waals surface area contributed by atoms with Gasteiger partial charge >= 0.3 is 0 Å². The highest BCUT2D eigenvalue weighted by Gasteiger charge is 2.08. The Morgan fingerprint density at radius 2 is 2.00 bits per heavy atom. The van der Waals surface area contributed by atoms with Gasteiger partial charge in [0.2, 0.25) is 5.96 Å². The molecule has 6 heteroatoms. The first-order chi connectivity index (χ1) is 8.11. The Morgan fingerprint density at radius 1 is 1.35 bits per heavy atom. The SMILES string of the molecule is COc1ccc(-c2cc(N)n(C(=N)N)n2)cc1. The van der Waals surface area contributed by atoms with Crippen LogP contribution in [0.5, 0.6) is 5.75 Å². The molecular formula is C11H13N5O. The maximum Gasteiger partial charge on any atom is 0.215 e. The molecule has 1 aromatic carbocycles. The number of hydrogen-bond donors (Lipinski definition) is 3. The molecule has 0 saturated heterocycles. The van der Waals surface area contributed by atoms with Gasteiger partial charge in [-0.1, -0.05) is 0 Å². The third-order valence-corrected chi connectivity index (χ3v) is 2.35. The van der Waals surface area contributed by atoms with E-state index in [0.29, 0.717) is 11.5 Å². The summed E-state index contributed by atoms with van der Waals surface area (Å²) < 4.78 is 6.25. The molecule has 0 radical (unpaired) electrons. The lowest BCUT2D eigenvalue weighted by molar-refractivity contribution is 0.415. The standard InChI is InChI=1S/C11H13N5O/c1-17-8-4-2-7(3-5-8)9-6-10(12)16(15-9)11(13)14/h2-6H,12H2,1H3,(H3,13,14). The third-order valence-electron chi connectivity index (χ3n) is 2.35. The van der Waals surface area contributed by atoms with Gasteiger partial charge in [0.05, 0.1) is 12.8 Å². The molecule has 88 valence electrons. The van der Waals surface area contributed by atoms with Crippen LogP contribution in [-0.4, -0.2) is 22.8 Å². The molecule has 0 aliphatic carbocycles. The van der Waals surface area contributed by atoms with E-state index in [1.165, 1.54) is 4.68 Å². The highest BCUT2D eigenvalue weighted by molar-refractivity contribution is 5.81. The number of anilines is 1. The molecule has 0 atom stereocenters. The van der Waals surface area contributed by atoms with Crippen LogP contribution in [0.4, 0.5) is 5.82 Å². The highest BCUT2D eigenvalue weighted by Crippen LogP contribution is 2.22.